The van der Waals surface area contributed by atoms with E-state index in [0.717, 1.165) is 19.3 Å². The van der Waals surface area contributed by atoms with Crippen LogP contribution in [0.25, 0.3) is 0 Å². The molecule has 7 heteroatoms. The molecule has 4 aliphatic rings. The molecule has 4 aliphatic heterocycles. The summed E-state index contributed by atoms with van der Waals surface area (Å²) in [6.07, 6.45) is 3.95. The minimum atomic E-state index is -0.758. The van der Waals surface area contributed by atoms with Gasteiger partial charge in [0, 0.05) is 6.54 Å². The van der Waals surface area contributed by atoms with Gasteiger partial charge in [0.05, 0.1) is 6.61 Å². The van der Waals surface area contributed by atoms with Gasteiger partial charge in [0.1, 0.15) is 24.4 Å². The second-order valence-electron chi connectivity index (χ2n) is 8.02. The largest absolute Gasteiger partial charge is 0.348 e. The van der Waals surface area contributed by atoms with Crippen molar-refractivity contribution in [3.8, 4) is 6.19 Å². The van der Waals surface area contributed by atoms with E-state index in [4.69, 9.17) is 23.7 Å². The summed E-state index contributed by atoms with van der Waals surface area (Å²) in [5.74, 6) is -1.33. The Hall–Kier alpha value is -0.910. The zero-order valence-corrected chi connectivity index (χ0v) is 14.8. The molecule has 0 bridgehead atoms. The number of piperidine rings is 1. The Labute approximate surface area is 142 Å². The number of rotatable bonds is 1. The summed E-state index contributed by atoms with van der Waals surface area (Å²) in [6, 6.07) is 0. The first kappa shape index (κ1) is 16.6. The fourth-order valence-corrected chi connectivity index (χ4v) is 4.44. The maximum Gasteiger partial charge on any atom is 0.181 e. The van der Waals surface area contributed by atoms with Crippen LogP contribution in [0.3, 0.4) is 0 Å². The van der Waals surface area contributed by atoms with E-state index in [0.29, 0.717) is 13.2 Å². The molecule has 0 saturated carbocycles. The lowest BCUT2D eigenvalue weighted by atomic mass is 9.91. The van der Waals surface area contributed by atoms with E-state index < -0.39 is 17.3 Å². The number of hydrogen-bond acceptors (Lipinski definition) is 7. The van der Waals surface area contributed by atoms with Crippen molar-refractivity contribution in [2.45, 2.75) is 88.7 Å². The predicted molar refractivity (Wildman–Crippen MR) is 82.5 cm³/mol. The number of likely N-dealkylation sites (tertiary alicyclic amines) is 1. The molecule has 0 aliphatic carbocycles. The Morgan fingerprint density at radius 2 is 1.75 bits per heavy atom. The molecule has 7 nitrogen and oxygen atoms in total. The summed E-state index contributed by atoms with van der Waals surface area (Å²) in [7, 11) is 0. The summed E-state index contributed by atoms with van der Waals surface area (Å²) in [5, 5.41) is 9.65. The monoisotopic (exact) mass is 338 g/mol. The third-order valence-corrected chi connectivity index (χ3v) is 5.38. The molecule has 4 fully saturated rings. The molecule has 0 aromatic rings. The summed E-state index contributed by atoms with van der Waals surface area (Å²) >= 11 is 0. The number of ether oxygens (including phenoxy) is 5. The highest BCUT2D eigenvalue weighted by atomic mass is 16.8. The maximum atomic E-state index is 9.65. The second kappa shape index (κ2) is 5.29. The van der Waals surface area contributed by atoms with Gasteiger partial charge in [0.15, 0.2) is 23.5 Å². The van der Waals surface area contributed by atoms with Gasteiger partial charge >= 0.3 is 0 Å². The van der Waals surface area contributed by atoms with E-state index in [1.807, 2.05) is 27.7 Å². The first-order chi connectivity index (χ1) is 11.3. The average Bonchev–Trinajstić information content (AvgIpc) is 3.11. The number of nitriles is 1. The maximum absolute atomic E-state index is 9.65. The van der Waals surface area contributed by atoms with Crippen molar-refractivity contribution in [3.63, 3.8) is 0 Å². The normalized spacial score (nSPS) is 46.2. The third-order valence-electron chi connectivity index (χ3n) is 5.38. The van der Waals surface area contributed by atoms with Gasteiger partial charge in [-0.05, 0) is 47.0 Å². The molecule has 4 saturated heterocycles. The Bertz CT molecular complexity index is 560. The van der Waals surface area contributed by atoms with Gasteiger partial charge in [-0.2, -0.15) is 5.26 Å². The predicted octanol–water partition coefficient (Wildman–Crippen LogP) is 1.72. The minimum Gasteiger partial charge on any atom is -0.348 e. The quantitative estimate of drug-likeness (QED) is 0.674. The van der Waals surface area contributed by atoms with E-state index in [9.17, 15) is 5.26 Å². The Morgan fingerprint density at radius 1 is 0.958 bits per heavy atom. The van der Waals surface area contributed by atoms with E-state index in [-0.39, 0.29) is 24.4 Å². The Balaban J connectivity index is 1.67. The topological polar surface area (TPSA) is 73.2 Å². The van der Waals surface area contributed by atoms with Crippen LogP contribution in [0.1, 0.15) is 47.0 Å². The van der Waals surface area contributed by atoms with Gasteiger partial charge in [-0.15, -0.1) is 0 Å². The summed E-state index contributed by atoms with van der Waals surface area (Å²) in [4.78, 5) is 1.74. The van der Waals surface area contributed by atoms with Gasteiger partial charge in [-0.3, -0.25) is 4.90 Å². The molecule has 4 rings (SSSR count). The zero-order valence-electron chi connectivity index (χ0n) is 14.8. The van der Waals surface area contributed by atoms with Crippen molar-refractivity contribution in [1.29, 1.82) is 5.26 Å². The molecule has 0 N–H and O–H groups in total. The summed E-state index contributed by atoms with van der Waals surface area (Å²) in [5.41, 5.74) is -0.758. The fourth-order valence-electron chi connectivity index (χ4n) is 4.44. The molecule has 0 aromatic carbocycles. The number of fused-ring (bicyclic) bond motifs is 2. The van der Waals surface area contributed by atoms with Gasteiger partial charge < -0.3 is 23.7 Å². The van der Waals surface area contributed by atoms with Crippen LogP contribution in [0.15, 0.2) is 0 Å². The molecular formula is C17H26N2O5. The van der Waals surface area contributed by atoms with E-state index in [1.54, 1.807) is 4.90 Å². The first-order valence-corrected chi connectivity index (χ1v) is 8.79. The molecule has 0 unspecified atom stereocenters. The molecule has 1 spiro atoms. The SMILES string of the molecule is CC1(C)OC[C@H]([C@H]2O[C@@]3(CCCCN3C#N)[C@H]3OC(C)(C)O[C@@H]23)O1. The second-order valence-corrected chi connectivity index (χ2v) is 8.02. The van der Waals surface area contributed by atoms with Gasteiger partial charge in [0.25, 0.3) is 0 Å². The Kier molecular flexibility index (Phi) is 3.65. The van der Waals surface area contributed by atoms with Crippen molar-refractivity contribution in [3.05, 3.63) is 0 Å². The molecular weight excluding hydrogens is 312 g/mol. The molecule has 0 aromatic heterocycles. The van der Waals surface area contributed by atoms with Crippen LogP contribution in [0, 0.1) is 11.5 Å². The standard InChI is InChI=1S/C17H26N2O5/c1-15(2)20-9-11(21-15)12-13-14(24-16(3,4)22-13)17(23-12)7-5-6-8-19(17)10-18/h11-14H,5-9H2,1-4H3/t11-,12-,13+,14+,17+/m1/s1. The number of hydrogen-bond donors (Lipinski definition) is 0. The van der Waals surface area contributed by atoms with Crippen LogP contribution in [0.5, 0.6) is 0 Å². The number of nitrogens with zero attached hydrogens (tertiary/aromatic N) is 2. The van der Waals surface area contributed by atoms with Crippen LogP contribution in [0.4, 0.5) is 0 Å². The van der Waals surface area contributed by atoms with E-state index >= 15 is 0 Å². The van der Waals surface area contributed by atoms with Crippen molar-refractivity contribution in [1.82, 2.24) is 4.90 Å². The Morgan fingerprint density at radius 3 is 2.42 bits per heavy atom. The molecule has 134 valence electrons. The minimum absolute atomic E-state index is 0.230. The van der Waals surface area contributed by atoms with Gasteiger partial charge in [-0.1, -0.05) is 0 Å². The lowest BCUT2D eigenvalue weighted by molar-refractivity contribution is -0.258. The van der Waals surface area contributed by atoms with Crippen molar-refractivity contribution in [2.75, 3.05) is 13.2 Å². The van der Waals surface area contributed by atoms with Gasteiger partial charge in [0.2, 0.25) is 0 Å². The smallest absolute Gasteiger partial charge is 0.181 e. The highest BCUT2D eigenvalue weighted by Crippen LogP contribution is 2.50. The molecule has 0 amide bonds. The highest BCUT2D eigenvalue weighted by Gasteiger charge is 2.67. The highest BCUT2D eigenvalue weighted by molar-refractivity contribution is 5.12. The molecule has 4 heterocycles. The zero-order chi connectivity index (χ0) is 17.2. The van der Waals surface area contributed by atoms with Crippen LogP contribution < -0.4 is 0 Å². The van der Waals surface area contributed by atoms with Crippen LogP contribution in [-0.4, -0.2) is 59.8 Å². The van der Waals surface area contributed by atoms with E-state index in [2.05, 4.69) is 6.19 Å². The molecule has 24 heavy (non-hydrogen) atoms. The lowest BCUT2D eigenvalue weighted by Gasteiger charge is -2.44. The lowest BCUT2D eigenvalue weighted by Crippen LogP contribution is -2.57. The van der Waals surface area contributed by atoms with Crippen LogP contribution in [0.2, 0.25) is 0 Å². The fraction of sp³-hybridized carbons (Fsp3) is 0.941. The van der Waals surface area contributed by atoms with Crippen LogP contribution in [-0.2, 0) is 23.7 Å². The van der Waals surface area contributed by atoms with Crippen molar-refractivity contribution >= 4 is 0 Å². The van der Waals surface area contributed by atoms with Crippen molar-refractivity contribution in [2.24, 2.45) is 0 Å². The molecule has 5 atom stereocenters. The summed E-state index contributed by atoms with van der Waals surface area (Å²) < 4.78 is 30.6. The summed E-state index contributed by atoms with van der Waals surface area (Å²) in [6.45, 7) is 8.74. The van der Waals surface area contributed by atoms with E-state index in [1.165, 1.54) is 0 Å². The first-order valence-electron chi connectivity index (χ1n) is 8.79. The third kappa shape index (κ3) is 2.44. The average molecular weight is 338 g/mol. The van der Waals surface area contributed by atoms with Crippen LogP contribution >= 0.6 is 0 Å². The van der Waals surface area contributed by atoms with Gasteiger partial charge in [-0.25, -0.2) is 0 Å². The molecule has 0 radical (unpaired) electrons. The van der Waals surface area contributed by atoms with Crippen molar-refractivity contribution < 1.29 is 23.7 Å².